The summed E-state index contributed by atoms with van der Waals surface area (Å²) in [7, 11) is 0. The van der Waals surface area contributed by atoms with Crippen molar-refractivity contribution in [3.63, 3.8) is 0 Å². The first-order valence-corrected chi connectivity index (χ1v) is 9.52. The minimum Gasteiger partial charge on any atom is -0.352 e. The lowest BCUT2D eigenvalue weighted by Gasteiger charge is -2.00. The summed E-state index contributed by atoms with van der Waals surface area (Å²) < 4.78 is 0. The van der Waals surface area contributed by atoms with Crippen molar-refractivity contribution in [2.75, 3.05) is 0 Å². The Balaban J connectivity index is 1.52. The zero-order chi connectivity index (χ0) is 19.9. The lowest BCUT2D eigenvalue weighted by Crippen LogP contribution is -1.87. The summed E-state index contributed by atoms with van der Waals surface area (Å²) in [5.74, 6) is 0. The summed E-state index contributed by atoms with van der Waals surface area (Å²) in [4.78, 5) is 21.5. The van der Waals surface area contributed by atoms with E-state index in [0.717, 1.165) is 56.0 Å². The van der Waals surface area contributed by atoms with E-state index in [2.05, 4.69) is 36.2 Å². The van der Waals surface area contributed by atoms with E-state index in [4.69, 9.17) is 4.98 Å². The van der Waals surface area contributed by atoms with Gasteiger partial charge < -0.3 is 4.98 Å². The first kappa shape index (κ1) is 16.6. The van der Waals surface area contributed by atoms with E-state index in [1.54, 1.807) is 12.4 Å². The molecule has 0 aliphatic heterocycles. The van der Waals surface area contributed by atoms with Gasteiger partial charge >= 0.3 is 0 Å². The fraction of sp³-hybridized carbons (Fsp3) is 0. The lowest BCUT2D eigenvalue weighted by molar-refractivity contribution is 1.12. The Hall–Kier alpha value is -4.39. The molecule has 7 nitrogen and oxygen atoms in total. The summed E-state index contributed by atoms with van der Waals surface area (Å²) in [5, 5.41) is 8.64. The van der Waals surface area contributed by atoms with Crippen molar-refractivity contribution >= 4 is 21.9 Å². The quantitative estimate of drug-likeness (QED) is 0.460. The summed E-state index contributed by atoms with van der Waals surface area (Å²) in [6, 6.07) is 17.6. The molecule has 2 N–H and O–H groups in total. The van der Waals surface area contributed by atoms with Crippen LogP contribution < -0.4 is 0 Å². The van der Waals surface area contributed by atoms with E-state index in [9.17, 15) is 0 Å². The molecule has 0 spiro atoms. The minimum absolute atomic E-state index is 0.756. The average Bonchev–Trinajstić information content (AvgIpc) is 3.43. The molecule has 0 aliphatic carbocycles. The molecule has 6 rings (SSSR count). The van der Waals surface area contributed by atoms with Crippen LogP contribution in [0, 0.1) is 0 Å². The monoisotopic (exact) mass is 389 g/mol. The molecule has 0 radical (unpaired) electrons. The van der Waals surface area contributed by atoms with E-state index in [1.165, 1.54) is 0 Å². The van der Waals surface area contributed by atoms with Crippen molar-refractivity contribution in [2.45, 2.75) is 0 Å². The number of hydrogen-bond donors (Lipinski definition) is 2. The summed E-state index contributed by atoms with van der Waals surface area (Å²) in [6.45, 7) is 0. The third-order valence-corrected chi connectivity index (χ3v) is 5.08. The van der Waals surface area contributed by atoms with Gasteiger partial charge in [-0.1, -0.05) is 12.1 Å². The molecule has 6 heterocycles. The average molecular weight is 389 g/mol. The van der Waals surface area contributed by atoms with Crippen LogP contribution in [0.3, 0.4) is 0 Å². The summed E-state index contributed by atoms with van der Waals surface area (Å²) >= 11 is 0. The highest BCUT2D eigenvalue weighted by Gasteiger charge is 2.16. The fourth-order valence-corrected chi connectivity index (χ4v) is 3.65. The SMILES string of the molecule is c1ccc(-c2ccc3[nH]nc(-c4cc5c(-c6ccccn6)cncc5[nH]4)c3n2)nc1. The van der Waals surface area contributed by atoms with Crippen molar-refractivity contribution < 1.29 is 0 Å². The van der Waals surface area contributed by atoms with Gasteiger partial charge in [-0.2, -0.15) is 5.10 Å². The smallest absolute Gasteiger partial charge is 0.135 e. The second-order valence-corrected chi connectivity index (χ2v) is 6.93. The fourth-order valence-electron chi connectivity index (χ4n) is 3.65. The van der Waals surface area contributed by atoms with Gasteiger partial charge in [0.2, 0.25) is 0 Å². The second-order valence-electron chi connectivity index (χ2n) is 6.93. The van der Waals surface area contributed by atoms with Gasteiger partial charge in [-0.15, -0.1) is 0 Å². The molecule has 0 aliphatic rings. The third-order valence-electron chi connectivity index (χ3n) is 5.08. The molecule has 30 heavy (non-hydrogen) atoms. The minimum atomic E-state index is 0.756. The predicted molar refractivity (Wildman–Crippen MR) is 115 cm³/mol. The number of rotatable bonds is 3. The summed E-state index contributed by atoms with van der Waals surface area (Å²) in [5.41, 5.74) is 7.68. The van der Waals surface area contributed by atoms with Crippen molar-refractivity contribution in [2.24, 2.45) is 0 Å². The molecule has 0 fully saturated rings. The first-order chi connectivity index (χ1) is 14.9. The Kier molecular flexibility index (Phi) is 3.64. The second kappa shape index (κ2) is 6.59. The van der Waals surface area contributed by atoms with Gasteiger partial charge in [-0.05, 0) is 42.5 Å². The van der Waals surface area contributed by atoms with Gasteiger partial charge in [0.1, 0.15) is 11.2 Å². The van der Waals surface area contributed by atoms with Gasteiger partial charge in [0.15, 0.2) is 0 Å². The number of hydrogen-bond acceptors (Lipinski definition) is 5. The zero-order valence-electron chi connectivity index (χ0n) is 15.7. The topological polar surface area (TPSA) is 96.0 Å². The maximum atomic E-state index is 4.83. The van der Waals surface area contributed by atoms with Crippen LogP contribution >= 0.6 is 0 Å². The molecule has 0 atom stereocenters. The van der Waals surface area contributed by atoms with E-state index < -0.39 is 0 Å². The Morgan fingerprint density at radius 1 is 0.733 bits per heavy atom. The van der Waals surface area contributed by atoms with Gasteiger partial charge in [0.25, 0.3) is 0 Å². The number of pyridine rings is 4. The molecular formula is C23H15N7. The normalized spacial score (nSPS) is 11.3. The van der Waals surface area contributed by atoms with Gasteiger partial charge in [0, 0.05) is 29.5 Å². The van der Waals surface area contributed by atoms with Crippen molar-refractivity contribution in [1.82, 2.24) is 35.1 Å². The van der Waals surface area contributed by atoms with Crippen LogP contribution in [0.25, 0.3) is 56.0 Å². The molecule has 0 saturated heterocycles. The highest BCUT2D eigenvalue weighted by Crippen LogP contribution is 2.32. The van der Waals surface area contributed by atoms with Gasteiger partial charge in [-0.3, -0.25) is 20.1 Å². The van der Waals surface area contributed by atoms with Gasteiger partial charge in [-0.25, -0.2) is 4.98 Å². The van der Waals surface area contributed by atoms with Crippen LogP contribution in [-0.2, 0) is 0 Å². The molecule has 7 heteroatoms. The van der Waals surface area contributed by atoms with Crippen LogP contribution in [0.5, 0.6) is 0 Å². The standard InChI is InChI=1S/C23H15N7/c1-3-9-25-16(5-1)15-12-24-13-21-14(15)11-20(27-21)23-22-19(29-30-23)8-7-18(28-22)17-6-2-4-10-26-17/h1-13,27H,(H,29,30). The third kappa shape index (κ3) is 2.64. The van der Waals surface area contributed by atoms with Crippen molar-refractivity contribution in [3.05, 3.63) is 79.4 Å². The number of aromatic nitrogens is 7. The first-order valence-electron chi connectivity index (χ1n) is 9.52. The Labute approximate surface area is 170 Å². The zero-order valence-corrected chi connectivity index (χ0v) is 15.7. The van der Waals surface area contributed by atoms with Gasteiger partial charge in [0.05, 0.1) is 40.0 Å². The maximum absolute atomic E-state index is 4.83. The number of H-pyrrole nitrogens is 2. The predicted octanol–water partition coefficient (Wildman–Crippen LogP) is 4.63. The number of nitrogens with zero attached hydrogens (tertiary/aromatic N) is 5. The van der Waals surface area contributed by atoms with E-state index in [1.807, 2.05) is 60.9 Å². The largest absolute Gasteiger partial charge is 0.352 e. The Morgan fingerprint density at radius 2 is 1.57 bits per heavy atom. The van der Waals surface area contributed by atoms with Crippen LogP contribution in [0.4, 0.5) is 0 Å². The maximum Gasteiger partial charge on any atom is 0.135 e. The number of nitrogens with one attached hydrogen (secondary N) is 2. The molecule has 0 bridgehead atoms. The molecule has 0 unspecified atom stereocenters. The van der Waals surface area contributed by atoms with Crippen LogP contribution in [0.15, 0.2) is 79.4 Å². The van der Waals surface area contributed by atoms with Crippen LogP contribution in [0.1, 0.15) is 0 Å². The summed E-state index contributed by atoms with van der Waals surface area (Å²) in [6.07, 6.45) is 7.20. The van der Waals surface area contributed by atoms with Crippen molar-refractivity contribution in [1.29, 1.82) is 0 Å². The van der Waals surface area contributed by atoms with Crippen molar-refractivity contribution in [3.8, 4) is 34.0 Å². The Bertz CT molecular complexity index is 1480. The molecular weight excluding hydrogens is 374 g/mol. The number of aromatic amines is 2. The van der Waals surface area contributed by atoms with E-state index in [0.29, 0.717) is 0 Å². The Morgan fingerprint density at radius 3 is 2.37 bits per heavy atom. The highest BCUT2D eigenvalue weighted by molar-refractivity contribution is 5.99. The van der Waals surface area contributed by atoms with E-state index >= 15 is 0 Å². The molecule has 142 valence electrons. The molecule has 6 aromatic heterocycles. The molecule has 0 saturated carbocycles. The lowest BCUT2D eigenvalue weighted by atomic mass is 10.1. The molecule has 0 amide bonds. The molecule has 0 aromatic carbocycles. The highest BCUT2D eigenvalue weighted by atomic mass is 15.1. The number of fused-ring (bicyclic) bond motifs is 2. The van der Waals surface area contributed by atoms with Crippen LogP contribution in [-0.4, -0.2) is 35.1 Å². The molecule has 6 aromatic rings. The van der Waals surface area contributed by atoms with E-state index in [-0.39, 0.29) is 0 Å². The van der Waals surface area contributed by atoms with Crippen LogP contribution in [0.2, 0.25) is 0 Å².